The lowest BCUT2D eigenvalue weighted by molar-refractivity contribution is -0.133. The zero-order valence-corrected chi connectivity index (χ0v) is 12.5. The number of hydrogen-bond acceptors (Lipinski definition) is 2. The fourth-order valence-corrected chi connectivity index (χ4v) is 2.34. The van der Waals surface area contributed by atoms with Gasteiger partial charge in [0.1, 0.15) is 5.92 Å². The third kappa shape index (κ3) is 4.12. The zero-order chi connectivity index (χ0) is 14.4. The fraction of sp³-hybridized carbons (Fsp3) is 0.429. The van der Waals surface area contributed by atoms with Crippen LogP contribution in [0.15, 0.2) is 18.2 Å². The van der Waals surface area contributed by atoms with Crippen molar-refractivity contribution in [3.8, 4) is 6.07 Å². The van der Waals surface area contributed by atoms with Gasteiger partial charge in [-0.05, 0) is 38.0 Å². The molecule has 1 aromatic carbocycles. The van der Waals surface area contributed by atoms with Gasteiger partial charge in [-0.1, -0.05) is 29.3 Å². The van der Waals surface area contributed by atoms with Crippen LogP contribution >= 0.6 is 23.2 Å². The molecule has 1 aromatic rings. The lowest BCUT2D eigenvalue weighted by Gasteiger charge is -2.21. The van der Waals surface area contributed by atoms with Crippen molar-refractivity contribution < 1.29 is 4.79 Å². The summed E-state index contributed by atoms with van der Waals surface area (Å²) in [5.41, 5.74) is 0.762. The van der Waals surface area contributed by atoms with Crippen LogP contribution in [-0.2, 0) is 11.2 Å². The first-order valence-electron chi connectivity index (χ1n) is 6.15. The van der Waals surface area contributed by atoms with Crippen molar-refractivity contribution in [2.24, 2.45) is 5.92 Å². The normalized spacial score (nSPS) is 11.7. The van der Waals surface area contributed by atoms with E-state index in [9.17, 15) is 10.1 Å². The van der Waals surface area contributed by atoms with Gasteiger partial charge in [0.05, 0.1) is 6.07 Å². The molecule has 0 aromatic heterocycles. The molecule has 0 radical (unpaired) electrons. The Morgan fingerprint density at radius 1 is 1.37 bits per heavy atom. The van der Waals surface area contributed by atoms with E-state index >= 15 is 0 Å². The number of nitriles is 1. The minimum atomic E-state index is -0.710. The van der Waals surface area contributed by atoms with Crippen LogP contribution in [-0.4, -0.2) is 23.9 Å². The van der Waals surface area contributed by atoms with Crippen molar-refractivity contribution in [2.45, 2.75) is 20.3 Å². The number of nitrogens with zero attached hydrogens (tertiary/aromatic N) is 2. The molecule has 0 heterocycles. The summed E-state index contributed by atoms with van der Waals surface area (Å²) in [6.45, 7) is 4.99. The van der Waals surface area contributed by atoms with Crippen LogP contribution in [0, 0.1) is 17.2 Å². The summed E-state index contributed by atoms with van der Waals surface area (Å²) in [4.78, 5) is 13.8. The Balaban J connectivity index is 2.88. The SMILES string of the molecule is CCN(CC)C(=O)C(C#N)Cc1ccc(Cl)cc1Cl. The summed E-state index contributed by atoms with van der Waals surface area (Å²) in [5, 5.41) is 10.2. The van der Waals surface area contributed by atoms with Gasteiger partial charge in [-0.15, -0.1) is 0 Å². The first-order valence-corrected chi connectivity index (χ1v) is 6.91. The Morgan fingerprint density at radius 2 is 2.00 bits per heavy atom. The van der Waals surface area contributed by atoms with Crippen LogP contribution in [0.4, 0.5) is 0 Å². The number of benzene rings is 1. The van der Waals surface area contributed by atoms with Crippen molar-refractivity contribution in [1.29, 1.82) is 5.26 Å². The van der Waals surface area contributed by atoms with Crippen molar-refractivity contribution in [1.82, 2.24) is 4.90 Å². The first kappa shape index (κ1) is 15.8. The summed E-state index contributed by atoms with van der Waals surface area (Å²) in [7, 11) is 0. The Hall–Kier alpha value is -1.24. The molecule has 0 N–H and O–H groups in total. The Labute approximate surface area is 123 Å². The average molecular weight is 299 g/mol. The topological polar surface area (TPSA) is 44.1 Å². The van der Waals surface area contributed by atoms with E-state index in [0.717, 1.165) is 5.56 Å². The van der Waals surface area contributed by atoms with Crippen LogP contribution < -0.4 is 0 Å². The van der Waals surface area contributed by atoms with Crippen LogP contribution in [0.25, 0.3) is 0 Å². The second kappa shape index (κ2) is 7.37. The number of carbonyl (C=O) groups is 1. The maximum atomic E-state index is 12.2. The molecule has 0 aliphatic carbocycles. The molecule has 1 amide bonds. The Bertz CT molecular complexity index is 493. The van der Waals surface area contributed by atoms with E-state index in [-0.39, 0.29) is 5.91 Å². The van der Waals surface area contributed by atoms with Crippen molar-refractivity contribution in [3.05, 3.63) is 33.8 Å². The highest BCUT2D eigenvalue weighted by atomic mass is 35.5. The zero-order valence-electron chi connectivity index (χ0n) is 11.0. The molecule has 0 bridgehead atoms. The lowest BCUT2D eigenvalue weighted by atomic mass is 9.99. The molecule has 1 rings (SSSR count). The summed E-state index contributed by atoms with van der Waals surface area (Å²) < 4.78 is 0. The van der Waals surface area contributed by atoms with Crippen LogP contribution in [0.5, 0.6) is 0 Å². The second-order valence-electron chi connectivity index (χ2n) is 4.13. The molecule has 0 fully saturated rings. The van der Waals surface area contributed by atoms with Crippen molar-refractivity contribution >= 4 is 29.1 Å². The van der Waals surface area contributed by atoms with Crippen molar-refractivity contribution in [3.63, 3.8) is 0 Å². The van der Waals surface area contributed by atoms with Crippen molar-refractivity contribution in [2.75, 3.05) is 13.1 Å². The minimum absolute atomic E-state index is 0.154. The molecule has 0 saturated heterocycles. The predicted molar refractivity (Wildman–Crippen MR) is 77.2 cm³/mol. The Kier molecular flexibility index (Phi) is 6.14. The summed E-state index contributed by atoms with van der Waals surface area (Å²) in [6.07, 6.45) is 0.307. The molecule has 1 atom stereocenters. The first-order chi connectivity index (χ1) is 9.03. The molecule has 19 heavy (non-hydrogen) atoms. The van der Waals surface area contributed by atoms with Gasteiger partial charge in [0.15, 0.2) is 0 Å². The maximum absolute atomic E-state index is 12.2. The van der Waals surface area contributed by atoms with Gasteiger partial charge in [0.25, 0.3) is 0 Å². The summed E-state index contributed by atoms with van der Waals surface area (Å²) >= 11 is 11.9. The van der Waals surface area contributed by atoms with Crippen LogP contribution in [0.2, 0.25) is 10.0 Å². The van der Waals surface area contributed by atoms with E-state index in [4.69, 9.17) is 23.2 Å². The minimum Gasteiger partial charge on any atom is -0.342 e. The number of amides is 1. The highest BCUT2D eigenvalue weighted by Gasteiger charge is 2.23. The van der Waals surface area contributed by atoms with Gasteiger partial charge in [-0.3, -0.25) is 4.79 Å². The van der Waals surface area contributed by atoms with E-state index in [1.165, 1.54) is 0 Å². The largest absolute Gasteiger partial charge is 0.342 e. The van der Waals surface area contributed by atoms with E-state index in [1.54, 1.807) is 23.1 Å². The number of halogens is 2. The molecule has 0 aliphatic rings. The molecule has 3 nitrogen and oxygen atoms in total. The smallest absolute Gasteiger partial charge is 0.240 e. The number of hydrogen-bond donors (Lipinski definition) is 0. The lowest BCUT2D eigenvalue weighted by Crippen LogP contribution is -2.36. The van der Waals surface area contributed by atoms with Crippen LogP contribution in [0.3, 0.4) is 0 Å². The van der Waals surface area contributed by atoms with E-state index in [0.29, 0.717) is 29.6 Å². The highest BCUT2D eigenvalue weighted by molar-refractivity contribution is 6.35. The van der Waals surface area contributed by atoms with Gasteiger partial charge < -0.3 is 4.90 Å². The van der Waals surface area contributed by atoms with Gasteiger partial charge in [0.2, 0.25) is 5.91 Å². The predicted octanol–water partition coefficient (Wildman–Crippen LogP) is 3.54. The molecular formula is C14H16Cl2N2O. The van der Waals surface area contributed by atoms with Crippen LogP contribution in [0.1, 0.15) is 19.4 Å². The average Bonchev–Trinajstić information content (AvgIpc) is 2.39. The number of rotatable bonds is 5. The quantitative estimate of drug-likeness (QED) is 0.834. The van der Waals surface area contributed by atoms with E-state index in [2.05, 4.69) is 6.07 Å². The molecule has 0 aliphatic heterocycles. The standard InChI is InChI=1S/C14H16Cl2N2O/c1-3-18(4-2)14(19)11(9-17)7-10-5-6-12(15)8-13(10)16/h5-6,8,11H,3-4,7H2,1-2H3. The molecule has 1 unspecified atom stereocenters. The second-order valence-corrected chi connectivity index (χ2v) is 4.98. The molecule has 0 spiro atoms. The van der Waals surface area contributed by atoms with E-state index < -0.39 is 5.92 Å². The summed E-state index contributed by atoms with van der Waals surface area (Å²) in [5.74, 6) is -0.864. The van der Waals surface area contributed by atoms with Gasteiger partial charge >= 0.3 is 0 Å². The highest BCUT2D eigenvalue weighted by Crippen LogP contribution is 2.24. The monoisotopic (exact) mass is 298 g/mol. The Morgan fingerprint density at radius 3 is 2.47 bits per heavy atom. The number of carbonyl (C=O) groups excluding carboxylic acids is 1. The maximum Gasteiger partial charge on any atom is 0.240 e. The molecule has 0 saturated carbocycles. The molecule has 102 valence electrons. The third-order valence-electron chi connectivity index (χ3n) is 2.97. The van der Waals surface area contributed by atoms with Gasteiger partial charge in [0, 0.05) is 23.1 Å². The van der Waals surface area contributed by atoms with E-state index in [1.807, 2.05) is 13.8 Å². The van der Waals surface area contributed by atoms with Gasteiger partial charge in [-0.25, -0.2) is 0 Å². The molecular weight excluding hydrogens is 283 g/mol. The van der Waals surface area contributed by atoms with Gasteiger partial charge in [-0.2, -0.15) is 5.26 Å². The third-order valence-corrected chi connectivity index (χ3v) is 3.56. The summed E-state index contributed by atoms with van der Waals surface area (Å²) in [6, 6.07) is 7.14. The fourth-order valence-electron chi connectivity index (χ4n) is 1.85. The molecule has 5 heteroatoms.